The molecule has 0 aliphatic heterocycles. The van der Waals surface area contributed by atoms with Gasteiger partial charge in [0.05, 0.1) is 17.3 Å². The van der Waals surface area contributed by atoms with Gasteiger partial charge in [0.25, 0.3) is 5.56 Å². The van der Waals surface area contributed by atoms with Gasteiger partial charge in [0, 0.05) is 12.2 Å². The molecule has 3 aromatic rings. The third kappa shape index (κ3) is 5.29. The molecule has 0 aliphatic carbocycles. The van der Waals surface area contributed by atoms with Crippen molar-refractivity contribution in [3.8, 4) is 0 Å². The summed E-state index contributed by atoms with van der Waals surface area (Å²) in [5.41, 5.74) is 3.05. The van der Waals surface area contributed by atoms with Gasteiger partial charge in [0.2, 0.25) is 5.91 Å². The van der Waals surface area contributed by atoms with Gasteiger partial charge in [0.15, 0.2) is 5.16 Å². The van der Waals surface area contributed by atoms with Crippen LogP contribution in [0, 0.1) is 12.8 Å². The van der Waals surface area contributed by atoms with Crippen LogP contribution >= 0.6 is 11.8 Å². The van der Waals surface area contributed by atoms with E-state index in [-0.39, 0.29) is 23.3 Å². The number of aromatic nitrogens is 3. The van der Waals surface area contributed by atoms with E-state index in [0.29, 0.717) is 28.7 Å². The van der Waals surface area contributed by atoms with Crippen LogP contribution in [-0.4, -0.2) is 26.2 Å². The Morgan fingerprint density at radius 2 is 1.97 bits per heavy atom. The lowest BCUT2D eigenvalue weighted by molar-refractivity contribution is -0.119. The molecule has 0 saturated heterocycles. The fraction of sp³-hybridized carbons (Fsp3) is 0.409. The van der Waals surface area contributed by atoms with Crippen LogP contribution in [0.3, 0.4) is 0 Å². The smallest absolute Gasteiger partial charge is 0.278 e. The number of amides is 1. The van der Waals surface area contributed by atoms with Gasteiger partial charge >= 0.3 is 0 Å². The summed E-state index contributed by atoms with van der Waals surface area (Å²) in [7, 11) is 0. The first kappa shape index (κ1) is 21.2. The van der Waals surface area contributed by atoms with E-state index in [9.17, 15) is 9.59 Å². The van der Waals surface area contributed by atoms with E-state index in [4.69, 9.17) is 0 Å². The lowest BCUT2D eigenvalue weighted by Gasteiger charge is -2.15. The molecule has 0 unspecified atom stereocenters. The maximum atomic E-state index is 13.0. The highest BCUT2D eigenvalue weighted by Gasteiger charge is 2.16. The van der Waals surface area contributed by atoms with Crippen molar-refractivity contribution >= 4 is 28.7 Å². The van der Waals surface area contributed by atoms with Crippen LogP contribution in [0.15, 0.2) is 46.3 Å². The molecule has 0 radical (unpaired) electrons. The van der Waals surface area contributed by atoms with Crippen LogP contribution in [0.25, 0.3) is 11.0 Å². The monoisotopic (exact) mass is 412 g/mol. The van der Waals surface area contributed by atoms with E-state index in [1.54, 1.807) is 4.57 Å². The Morgan fingerprint density at radius 1 is 1.24 bits per heavy atom. The Bertz CT molecular complexity index is 1040. The molecule has 6 nitrogen and oxygen atoms in total. The van der Waals surface area contributed by atoms with Gasteiger partial charge in [-0.2, -0.15) is 0 Å². The van der Waals surface area contributed by atoms with E-state index in [1.165, 1.54) is 11.8 Å². The molecule has 7 heteroatoms. The van der Waals surface area contributed by atoms with Crippen LogP contribution < -0.4 is 10.9 Å². The third-order valence-electron chi connectivity index (χ3n) is 4.78. The summed E-state index contributed by atoms with van der Waals surface area (Å²) < 4.78 is 1.69. The second-order valence-electron chi connectivity index (χ2n) is 7.73. The van der Waals surface area contributed by atoms with Gasteiger partial charge in [-0.25, -0.2) is 4.98 Å². The number of aryl methyl sites for hydroxylation is 1. The van der Waals surface area contributed by atoms with Crippen molar-refractivity contribution in [1.82, 2.24) is 19.9 Å². The number of nitrogens with one attached hydrogen (secondary N) is 2. The van der Waals surface area contributed by atoms with Crippen LogP contribution in [0.5, 0.6) is 0 Å². The van der Waals surface area contributed by atoms with Gasteiger partial charge < -0.3 is 10.3 Å². The normalized spacial score (nSPS) is 12.4. The van der Waals surface area contributed by atoms with Crippen molar-refractivity contribution in [1.29, 1.82) is 0 Å². The van der Waals surface area contributed by atoms with E-state index >= 15 is 0 Å². The predicted molar refractivity (Wildman–Crippen MR) is 118 cm³/mol. The van der Waals surface area contributed by atoms with Crippen LogP contribution in [-0.2, 0) is 11.3 Å². The minimum atomic E-state index is -0.0821. The number of carbonyl (C=O) groups is 1. The van der Waals surface area contributed by atoms with Crippen LogP contribution in [0.1, 0.15) is 44.5 Å². The summed E-state index contributed by atoms with van der Waals surface area (Å²) in [6, 6.07) is 11.6. The second-order valence-corrected chi connectivity index (χ2v) is 8.68. The number of thioether (sulfide) groups is 1. The number of rotatable bonds is 8. The molecule has 0 spiro atoms. The van der Waals surface area contributed by atoms with Crippen molar-refractivity contribution in [3.63, 3.8) is 0 Å². The minimum Gasteiger partial charge on any atom is -0.353 e. The Morgan fingerprint density at radius 3 is 2.66 bits per heavy atom. The molecule has 0 fully saturated rings. The van der Waals surface area contributed by atoms with Gasteiger partial charge in [-0.3, -0.25) is 14.2 Å². The van der Waals surface area contributed by atoms with E-state index in [0.717, 1.165) is 17.7 Å². The number of nitrogens with zero attached hydrogens (tertiary/aromatic N) is 2. The molecule has 1 amide bonds. The largest absolute Gasteiger partial charge is 0.353 e. The lowest BCUT2D eigenvalue weighted by Crippen LogP contribution is -2.29. The Balaban J connectivity index is 1.76. The quantitative estimate of drug-likeness (QED) is 0.432. The summed E-state index contributed by atoms with van der Waals surface area (Å²) >= 11 is 1.31. The summed E-state index contributed by atoms with van der Waals surface area (Å²) in [6.07, 6.45) is 0.873. The van der Waals surface area contributed by atoms with Gasteiger partial charge in [0.1, 0.15) is 5.52 Å². The lowest BCUT2D eigenvalue weighted by atomic mass is 10.1. The Hall–Kier alpha value is -2.54. The first-order chi connectivity index (χ1) is 13.8. The number of hydrogen-bond acceptors (Lipinski definition) is 4. The minimum absolute atomic E-state index is 0.0739. The topological polar surface area (TPSA) is 79.8 Å². The molecule has 2 aromatic heterocycles. The molecule has 3 rings (SSSR count). The molecule has 0 saturated carbocycles. The van der Waals surface area contributed by atoms with Crippen molar-refractivity contribution < 1.29 is 4.79 Å². The average molecular weight is 413 g/mol. The predicted octanol–water partition coefficient (Wildman–Crippen LogP) is 4.05. The molecule has 1 atom stereocenters. The molecule has 0 aliphatic rings. The third-order valence-corrected chi connectivity index (χ3v) is 5.75. The molecule has 1 aromatic carbocycles. The standard InChI is InChI=1S/C22H28N4O2S/c1-14(2)10-11-26-21(28)20-18(12-15(3)23-20)25-22(26)29-13-19(27)24-16(4)17-8-6-5-7-9-17/h5-9,12,14,16,23H,10-11,13H2,1-4H3,(H,24,27)/t16-/m1/s1. The zero-order valence-corrected chi connectivity index (χ0v) is 18.2. The summed E-state index contributed by atoms with van der Waals surface area (Å²) in [5, 5.41) is 3.60. The zero-order chi connectivity index (χ0) is 21.0. The number of aromatic amines is 1. The first-order valence-corrected chi connectivity index (χ1v) is 10.9. The fourth-order valence-electron chi connectivity index (χ4n) is 3.14. The molecule has 29 heavy (non-hydrogen) atoms. The zero-order valence-electron chi connectivity index (χ0n) is 17.4. The van der Waals surface area contributed by atoms with E-state index in [1.807, 2.05) is 50.2 Å². The molecule has 2 N–H and O–H groups in total. The van der Waals surface area contributed by atoms with Crippen molar-refractivity contribution in [2.75, 3.05) is 5.75 Å². The van der Waals surface area contributed by atoms with E-state index in [2.05, 4.69) is 29.1 Å². The van der Waals surface area contributed by atoms with E-state index < -0.39 is 0 Å². The van der Waals surface area contributed by atoms with Gasteiger partial charge in [-0.1, -0.05) is 55.9 Å². The number of fused-ring (bicyclic) bond motifs is 1. The maximum absolute atomic E-state index is 13.0. The summed E-state index contributed by atoms with van der Waals surface area (Å²) in [6.45, 7) is 8.71. The number of benzene rings is 1. The van der Waals surface area contributed by atoms with Crippen LogP contribution in [0.2, 0.25) is 0 Å². The second kappa shape index (κ2) is 9.31. The summed E-state index contributed by atoms with van der Waals surface area (Å²) in [4.78, 5) is 33.2. The molecule has 2 heterocycles. The SMILES string of the molecule is Cc1cc2nc(SCC(=O)N[C@H](C)c3ccccc3)n(CCC(C)C)c(=O)c2[nH]1. The average Bonchev–Trinajstić information content (AvgIpc) is 3.07. The van der Waals surface area contributed by atoms with Crippen molar-refractivity contribution in [2.45, 2.75) is 51.9 Å². The van der Waals surface area contributed by atoms with Gasteiger partial charge in [-0.15, -0.1) is 0 Å². The van der Waals surface area contributed by atoms with Crippen LogP contribution in [0.4, 0.5) is 0 Å². The fourth-order valence-corrected chi connectivity index (χ4v) is 3.98. The number of hydrogen-bond donors (Lipinski definition) is 2. The molecule has 0 bridgehead atoms. The molecule has 154 valence electrons. The Kier molecular flexibility index (Phi) is 6.79. The highest BCUT2D eigenvalue weighted by Crippen LogP contribution is 2.20. The number of H-pyrrole nitrogens is 1. The molecular formula is C22H28N4O2S. The summed E-state index contributed by atoms with van der Waals surface area (Å²) in [5.74, 6) is 0.595. The van der Waals surface area contributed by atoms with Crippen molar-refractivity contribution in [2.24, 2.45) is 5.92 Å². The van der Waals surface area contributed by atoms with Crippen molar-refractivity contribution in [3.05, 3.63) is 58.0 Å². The number of carbonyl (C=O) groups excluding carboxylic acids is 1. The molecular weight excluding hydrogens is 384 g/mol. The Labute approximate surface area is 175 Å². The first-order valence-electron chi connectivity index (χ1n) is 9.92. The highest BCUT2D eigenvalue weighted by atomic mass is 32.2. The highest BCUT2D eigenvalue weighted by molar-refractivity contribution is 7.99. The maximum Gasteiger partial charge on any atom is 0.278 e. The van der Waals surface area contributed by atoms with Gasteiger partial charge in [-0.05, 0) is 37.8 Å².